The molecule has 0 radical (unpaired) electrons. The van der Waals surface area contributed by atoms with Crippen LogP contribution < -0.4 is 0 Å². The highest BCUT2D eigenvalue weighted by Crippen LogP contribution is 1.90. The Hall–Kier alpha value is -1.53. The van der Waals surface area contributed by atoms with Crippen LogP contribution in [0.4, 0.5) is 4.39 Å². The first-order valence-electron chi connectivity index (χ1n) is 2.81. The minimum atomic E-state index is -1.26. The van der Waals surface area contributed by atoms with Gasteiger partial charge in [-0.1, -0.05) is 0 Å². The molecule has 0 aliphatic rings. The SMILES string of the molecule is O=C(O)c1nnnn1CCF. The van der Waals surface area contributed by atoms with Crippen molar-refractivity contribution in [2.75, 3.05) is 6.67 Å². The van der Waals surface area contributed by atoms with E-state index in [0.29, 0.717) is 0 Å². The highest BCUT2D eigenvalue weighted by Gasteiger charge is 2.12. The van der Waals surface area contributed by atoms with Gasteiger partial charge in [-0.25, -0.2) is 13.9 Å². The molecule has 6 nitrogen and oxygen atoms in total. The summed E-state index contributed by atoms with van der Waals surface area (Å²) in [5, 5.41) is 17.9. The molecule has 7 heteroatoms. The van der Waals surface area contributed by atoms with E-state index in [1.165, 1.54) is 0 Å². The van der Waals surface area contributed by atoms with Crippen molar-refractivity contribution in [1.82, 2.24) is 20.2 Å². The molecular formula is C4H5FN4O2. The Balaban J connectivity index is 2.87. The van der Waals surface area contributed by atoms with Crippen molar-refractivity contribution in [1.29, 1.82) is 0 Å². The fourth-order valence-electron chi connectivity index (χ4n) is 0.588. The number of carboxylic acid groups (broad SMARTS) is 1. The van der Waals surface area contributed by atoms with Crippen LogP contribution in [0, 0.1) is 0 Å². The van der Waals surface area contributed by atoms with Gasteiger partial charge in [0.25, 0.3) is 5.82 Å². The molecule has 0 aromatic carbocycles. The minimum absolute atomic E-state index is 0.130. The smallest absolute Gasteiger partial charge is 0.375 e. The standard InChI is InChI=1S/C4H5FN4O2/c5-1-2-9-3(4(10)11)6-7-8-9/h1-2H2,(H,10,11). The molecule has 0 atom stereocenters. The first-order chi connectivity index (χ1) is 5.25. The number of carbonyl (C=O) groups is 1. The maximum atomic E-state index is 11.7. The zero-order chi connectivity index (χ0) is 8.27. The maximum absolute atomic E-state index is 11.7. The van der Waals surface area contributed by atoms with Crippen LogP contribution in [0.3, 0.4) is 0 Å². The van der Waals surface area contributed by atoms with Crippen LogP contribution in [0.15, 0.2) is 0 Å². The second kappa shape index (κ2) is 3.04. The largest absolute Gasteiger partial charge is 0.475 e. The van der Waals surface area contributed by atoms with E-state index >= 15 is 0 Å². The van der Waals surface area contributed by atoms with Gasteiger partial charge in [0.05, 0.1) is 6.54 Å². The molecule has 0 bridgehead atoms. The minimum Gasteiger partial charge on any atom is -0.475 e. The Bertz CT molecular complexity index is 260. The van der Waals surface area contributed by atoms with Crippen molar-refractivity contribution in [3.63, 3.8) is 0 Å². The van der Waals surface area contributed by atoms with E-state index in [4.69, 9.17) is 5.11 Å². The number of tetrazole rings is 1. The van der Waals surface area contributed by atoms with Gasteiger partial charge in [0, 0.05) is 0 Å². The predicted octanol–water partition coefficient (Wildman–Crippen LogP) is -0.659. The Morgan fingerprint density at radius 1 is 1.73 bits per heavy atom. The average Bonchev–Trinajstić information content (AvgIpc) is 2.36. The molecule has 1 aromatic rings. The number of hydrogen-bond acceptors (Lipinski definition) is 4. The third-order valence-electron chi connectivity index (χ3n) is 1.02. The lowest BCUT2D eigenvalue weighted by molar-refractivity contribution is 0.0675. The van der Waals surface area contributed by atoms with Crippen molar-refractivity contribution in [2.45, 2.75) is 6.54 Å². The first-order valence-corrected chi connectivity index (χ1v) is 2.81. The third kappa shape index (κ3) is 1.48. The van der Waals surface area contributed by atoms with E-state index in [2.05, 4.69) is 15.5 Å². The van der Waals surface area contributed by atoms with Crippen LogP contribution in [0.1, 0.15) is 10.6 Å². The van der Waals surface area contributed by atoms with Crippen LogP contribution in [-0.2, 0) is 6.54 Å². The molecule has 1 aromatic heterocycles. The van der Waals surface area contributed by atoms with Crippen molar-refractivity contribution < 1.29 is 14.3 Å². The molecular weight excluding hydrogens is 155 g/mol. The van der Waals surface area contributed by atoms with Crippen molar-refractivity contribution in [2.24, 2.45) is 0 Å². The number of aromatic carboxylic acids is 1. The zero-order valence-electron chi connectivity index (χ0n) is 5.44. The number of aromatic nitrogens is 4. The predicted molar refractivity (Wildman–Crippen MR) is 30.8 cm³/mol. The molecule has 0 saturated carbocycles. The monoisotopic (exact) mass is 160 g/mol. The molecule has 1 N–H and O–H groups in total. The van der Waals surface area contributed by atoms with Gasteiger partial charge < -0.3 is 5.11 Å². The topological polar surface area (TPSA) is 80.9 Å². The summed E-state index contributed by atoms with van der Waals surface area (Å²) in [4.78, 5) is 10.3. The summed E-state index contributed by atoms with van der Waals surface area (Å²) in [6.07, 6.45) is 0. The Kier molecular flexibility index (Phi) is 2.09. The third-order valence-corrected chi connectivity index (χ3v) is 1.02. The van der Waals surface area contributed by atoms with Crippen LogP contribution >= 0.6 is 0 Å². The zero-order valence-corrected chi connectivity index (χ0v) is 5.44. The van der Waals surface area contributed by atoms with Crippen LogP contribution in [-0.4, -0.2) is 38.0 Å². The van der Waals surface area contributed by atoms with E-state index in [-0.39, 0.29) is 12.4 Å². The van der Waals surface area contributed by atoms with Gasteiger partial charge >= 0.3 is 5.97 Å². The molecule has 0 fully saturated rings. The second-order valence-corrected chi connectivity index (χ2v) is 1.72. The Morgan fingerprint density at radius 3 is 3.00 bits per heavy atom. The average molecular weight is 160 g/mol. The van der Waals surface area contributed by atoms with E-state index < -0.39 is 12.6 Å². The van der Waals surface area contributed by atoms with Crippen LogP contribution in [0.2, 0.25) is 0 Å². The molecule has 0 saturated heterocycles. The summed E-state index contributed by atoms with van der Waals surface area (Å²) in [6.45, 7) is -0.819. The summed E-state index contributed by atoms with van der Waals surface area (Å²) < 4.78 is 12.6. The Morgan fingerprint density at radius 2 is 2.45 bits per heavy atom. The summed E-state index contributed by atoms with van der Waals surface area (Å²) in [5.41, 5.74) is 0. The maximum Gasteiger partial charge on any atom is 0.375 e. The number of carboxylic acids is 1. The highest BCUT2D eigenvalue weighted by atomic mass is 19.1. The molecule has 0 aliphatic carbocycles. The van der Waals surface area contributed by atoms with Gasteiger partial charge in [0.2, 0.25) is 0 Å². The number of alkyl halides is 1. The number of nitrogens with zero attached hydrogens (tertiary/aromatic N) is 4. The summed E-state index contributed by atoms with van der Waals surface area (Å²) in [5.74, 6) is -1.61. The fourth-order valence-corrected chi connectivity index (χ4v) is 0.588. The molecule has 1 heterocycles. The lowest BCUT2D eigenvalue weighted by Crippen LogP contribution is -2.12. The summed E-state index contributed by atoms with van der Waals surface area (Å²) in [7, 11) is 0. The lowest BCUT2D eigenvalue weighted by atomic mass is 10.6. The van der Waals surface area contributed by atoms with Gasteiger partial charge in [-0.3, -0.25) is 0 Å². The number of rotatable bonds is 3. The molecule has 0 unspecified atom stereocenters. The van der Waals surface area contributed by atoms with Crippen molar-refractivity contribution in [3.8, 4) is 0 Å². The molecule has 0 spiro atoms. The van der Waals surface area contributed by atoms with E-state index in [1.54, 1.807) is 0 Å². The number of halogens is 1. The highest BCUT2D eigenvalue weighted by molar-refractivity contribution is 5.82. The van der Waals surface area contributed by atoms with Crippen LogP contribution in [0.25, 0.3) is 0 Å². The quantitative estimate of drug-likeness (QED) is 0.634. The van der Waals surface area contributed by atoms with E-state index in [1.807, 2.05) is 0 Å². The molecule has 0 amide bonds. The summed E-state index contributed by atoms with van der Waals surface area (Å²) in [6, 6.07) is 0. The van der Waals surface area contributed by atoms with Gasteiger partial charge in [-0.05, 0) is 10.4 Å². The lowest BCUT2D eigenvalue weighted by Gasteiger charge is -1.94. The molecule has 1 rings (SSSR count). The van der Waals surface area contributed by atoms with E-state index in [0.717, 1.165) is 4.68 Å². The normalized spacial score (nSPS) is 9.91. The number of aryl methyl sites for hydroxylation is 1. The summed E-state index contributed by atoms with van der Waals surface area (Å²) >= 11 is 0. The number of hydrogen-bond donors (Lipinski definition) is 1. The van der Waals surface area contributed by atoms with Crippen LogP contribution in [0.5, 0.6) is 0 Å². The Labute approximate surface area is 60.6 Å². The fraction of sp³-hybridized carbons (Fsp3) is 0.500. The van der Waals surface area contributed by atoms with Gasteiger partial charge in [0.1, 0.15) is 6.67 Å². The first kappa shape index (κ1) is 7.58. The van der Waals surface area contributed by atoms with E-state index in [9.17, 15) is 9.18 Å². The van der Waals surface area contributed by atoms with Gasteiger partial charge in [0.15, 0.2) is 0 Å². The second-order valence-electron chi connectivity index (χ2n) is 1.72. The van der Waals surface area contributed by atoms with Gasteiger partial charge in [-0.15, -0.1) is 5.10 Å². The van der Waals surface area contributed by atoms with Crippen molar-refractivity contribution >= 4 is 5.97 Å². The molecule has 60 valence electrons. The molecule has 11 heavy (non-hydrogen) atoms. The van der Waals surface area contributed by atoms with Gasteiger partial charge in [-0.2, -0.15) is 0 Å². The molecule has 0 aliphatic heterocycles. The van der Waals surface area contributed by atoms with Crippen molar-refractivity contribution in [3.05, 3.63) is 5.82 Å².